The van der Waals surface area contributed by atoms with E-state index < -0.39 is 29.4 Å². The van der Waals surface area contributed by atoms with Crippen molar-refractivity contribution in [3.05, 3.63) is 57.7 Å². The van der Waals surface area contributed by atoms with Crippen LogP contribution in [0.1, 0.15) is 100.0 Å². The molecule has 2 fully saturated rings. The second-order valence-corrected chi connectivity index (χ2v) is 11.2. The van der Waals surface area contributed by atoms with E-state index in [1.165, 1.54) is 32.1 Å². The van der Waals surface area contributed by atoms with Gasteiger partial charge in [-0.1, -0.05) is 45.6 Å². The van der Waals surface area contributed by atoms with Crippen LogP contribution >= 0.6 is 0 Å². The van der Waals surface area contributed by atoms with Gasteiger partial charge in [0.25, 0.3) is 0 Å². The molecular weight excluding hydrogens is 480 g/mol. The fraction of sp³-hybridized carbons (Fsp3) is 0.613. The van der Waals surface area contributed by atoms with Gasteiger partial charge in [-0.15, -0.1) is 0 Å². The average Bonchev–Trinajstić information content (AvgIpc) is 3.28. The van der Waals surface area contributed by atoms with Crippen molar-refractivity contribution in [1.82, 2.24) is 0 Å². The zero-order valence-corrected chi connectivity index (χ0v) is 22.0. The monoisotopic (exact) mass is 518 g/mol. The fourth-order valence-electron chi connectivity index (χ4n) is 6.57. The van der Waals surface area contributed by atoms with Crippen molar-refractivity contribution in [2.75, 3.05) is 13.2 Å². The SMILES string of the molecule is CCCCCC1CCC(C2CCC(c3cc4c(c(F)c3F)-c3c(cc(CCC)c(F)c3F)C4)OC2)OC1. The van der Waals surface area contributed by atoms with Gasteiger partial charge in [0.15, 0.2) is 23.3 Å². The van der Waals surface area contributed by atoms with Crippen LogP contribution in [0.15, 0.2) is 12.1 Å². The lowest BCUT2D eigenvalue weighted by atomic mass is 9.84. The first-order valence-corrected chi connectivity index (χ1v) is 14.2. The number of aryl methyl sites for hydroxylation is 1. The number of hydrogen-bond acceptors (Lipinski definition) is 2. The quantitative estimate of drug-likeness (QED) is 0.220. The lowest BCUT2D eigenvalue weighted by Crippen LogP contribution is -2.37. The third-order valence-corrected chi connectivity index (χ3v) is 8.64. The van der Waals surface area contributed by atoms with E-state index in [1.807, 2.05) is 6.92 Å². The van der Waals surface area contributed by atoms with E-state index in [2.05, 4.69) is 6.92 Å². The standard InChI is InChI=1S/C31H38F4O2/c1-3-5-6-8-18-9-11-24(36-16-18)20-10-12-25(37-17-20)23-15-22-14-21-13-19(7-4-2)28(32)30(34)26(21)27(22)31(35)29(23)33/h13,15,18,20,24-25H,3-12,14,16-17H2,1-2H3. The summed E-state index contributed by atoms with van der Waals surface area (Å²) in [5.41, 5.74) is 1.19. The van der Waals surface area contributed by atoms with Gasteiger partial charge in [-0.25, -0.2) is 17.6 Å². The maximum absolute atomic E-state index is 15.3. The molecule has 0 radical (unpaired) electrons. The minimum absolute atomic E-state index is 0.137. The Morgan fingerprint density at radius 3 is 2.16 bits per heavy atom. The molecule has 0 saturated carbocycles. The number of hydrogen-bond donors (Lipinski definition) is 0. The van der Waals surface area contributed by atoms with E-state index in [4.69, 9.17) is 9.47 Å². The van der Waals surface area contributed by atoms with E-state index in [9.17, 15) is 8.78 Å². The number of fused-ring (bicyclic) bond motifs is 3. The van der Waals surface area contributed by atoms with Crippen molar-refractivity contribution in [2.45, 2.75) is 96.7 Å². The van der Waals surface area contributed by atoms with Gasteiger partial charge < -0.3 is 9.47 Å². The molecule has 6 heteroatoms. The summed E-state index contributed by atoms with van der Waals surface area (Å²) in [4.78, 5) is 0. The molecule has 4 atom stereocenters. The number of benzene rings is 2. The van der Waals surface area contributed by atoms with Gasteiger partial charge in [0.05, 0.1) is 18.8 Å². The predicted octanol–water partition coefficient (Wildman–Crippen LogP) is 8.61. The largest absolute Gasteiger partial charge is 0.378 e. The van der Waals surface area contributed by atoms with Crippen molar-refractivity contribution >= 4 is 0 Å². The molecule has 2 nitrogen and oxygen atoms in total. The van der Waals surface area contributed by atoms with Crippen LogP contribution in [-0.4, -0.2) is 19.3 Å². The van der Waals surface area contributed by atoms with E-state index >= 15 is 8.78 Å². The molecule has 2 aromatic carbocycles. The van der Waals surface area contributed by atoms with Crippen LogP contribution in [0.4, 0.5) is 17.6 Å². The van der Waals surface area contributed by atoms with E-state index in [0.29, 0.717) is 42.9 Å². The summed E-state index contributed by atoms with van der Waals surface area (Å²) >= 11 is 0. The molecule has 0 aromatic heterocycles. The average molecular weight is 519 g/mol. The van der Waals surface area contributed by atoms with Crippen LogP contribution in [0, 0.1) is 35.1 Å². The number of halogens is 4. The molecule has 0 bridgehead atoms. The third-order valence-electron chi connectivity index (χ3n) is 8.64. The highest BCUT2D eigenvalue weighted by Gasteiger charge is 2.36. The van der Waals surface area contributed by atoms with E-state index in [0.717, 1.165) is 19.4 Å². The molecule has 2 heterocycles. The Balaban J connectivity index is 1.26. The lowest BCUT2D eigenvalue weighted by molar-refractivity contribution is -0.105. The Hall–Kier alpha value is -1.92. The van der Waals surface area contributed by atoms with Crippen LogP contribution in [0.3, 0.4) is 0 Å². The molecule has 3 aliphatic rings. The summed E-state index contributed by atoms with van der Waals surface area (Å²) in [6, 6.07) is 3.21. The second-order valence-electron chi connectivity index (χ2n) is 11.2. The first-order chi connectivity index (χ1) is 17.9. The molecular formula is C31H38F4O2. The molecule has 4 unspecified atom stereocenters. The van der Waals surface area contributed by atoms with Crippen molar-refractivity contribution in [3.8, 4) is 11.1 Å². The Labute approximate surface area is 217 Å². The van der Waals surface area contributed by atoms with Gasteiger partial charge in [0.2, 0.25) is 0 Å². The summed E-state index contributed by atoms with van der Waals surface area (Å²) in [5.74, 6) is -3.27. The van der Waals surface area contributed by atoms with Crippen LogP contribution < -0.4 is 0 Å². The normalized spacial score (nSPS) is 25.2. The highest BCUT2D eigenvalue weighted by Crippen LogP contribution is 2.46. The van der Waals surface area contributed by atoms with Gasteiger partial charge >= 0.3 is 0 Å². The summed E-state index contributed by atoms with van der Waals surface area (Å²) in [7, 11) is 0. The number of ether oxygens (including phenoxy) is 2. The maximum atomic E-state index is 15.3. The van der Waals surface area contributed by atoms with Crippen LogP contribution in [0.5, 0.6) is 0 Å². The summed E-state index contributed by atoms with van der Waals surface area (Å²) in [5, 5.41) is 0. The van der Waals surface area contributed by atoms with Crippen molar-refractivity contribution in [2.24, 2.45) is 11.8 Å². The van der Waals surface area contributed by atoms with Crippen LogP contribution in [0.25, 0.3) is 11.1 Å². The molecule has 0 N–H and O–H groups in total. The summed E-state index contributed by atoms with van der Waals surface area (Å²) < 4.78 is 72.5. The molecule has 202 valence electrons. The molecule has 0 amide bonds. The maximum Gasteiger partial charge on any atom is 0.167 e. The Bertz CT molecular complexity index is 1120. The zero-order valence-electron chi connectivity index (χ0n) is 22.0. The minimum Gasteiger partial charge on any atom is -0.378 e. The molecule has 2 saturated heterocycles. The molecule has 37 heavy (non-hydrogen) atoms. The van der Waals surface area contributed by atoms with Gasteiger partial charge in [0, 0.05) is 29.2 Å². The third kappa shape index (κ3) is 5.21. The van der Waals surface area contributed by atoms with Crippen molar-refractivity contribution in [3.63, 3.8) is 0 Å². The van der Waals surface area contributed by atoms with Crippen LogP contribution in [-0.2, 0) is 22.3 Å². The second kappa shape index (κ2) is 11.4. The minimum atomic E-state index is -1.11. The topological polar surface area (TPSA) is 18.5 Å². The summed E-state index contributed by atoms with van der Waals surface area (Å²) in [6.45, 7) is 5.36. The number of unbranched alkanes of at least 4 members (excludes halogenated alkanes) is 2. The molecule has 2 aromatic rings. The Morgan fingerprint density at radius 1 is 0.757 bits per heavy atom. The first kappa shape index (κ1) is 26.7. The van der Waals surface area contributed by atoms with Crippen molar-refractivity contribution in [1.29, 1.82) is 0 Å². The molecule has 0 spiro atoms. The van der Waals surface area contributed by atoms with Gasteiger partial charge in [0.1, 0.15) is 0 Å². The highest BCUT2D eigenvalue weighted by molar-refractivity contribution is 5.79. The van der Waals surface area contributed by atoms with Crippen molar-refractivity contribution < 1.29 is 27.0 Å². The van der Waals surface area contributed by atoms with E-state index in [1.54, 1.807) is 12.1 Å². The molecule has 1 aliphatic carbocycles. The van der Waals surface area contributed by atoms with Gasteiger partial charge in [-0.05, 0) is 73.6 Å². The smallest absolute Gasteiger partial charge is 0.167 e. The van der Waals surface area contributed by atoms with Gasteiger partial charge in [-0.3, -0.25) is 0 Å². The zero-order chi connectivity index (χ0) is 26.1. The molecule has 5 rings (SSSR count). The Morgan fingerprint density at radius 2 is 1.51 bits per heavy atom. The predicted molar refractivity (Wildman–Crippen MR) is 137 cm³/mol. The Kier molecular flexibility index (Phi) is 8.25. The number of rotatable bonds is 8. The van der Waals surface area contributed by atoms with E-state index in [-0.39, 0.29) is 40.7 Å². The van der Waals surface area contributed by atoms with Gasteiger partial charge in [-0.2, -0.15) is 0 Å². The highest BCUT2D eigenvalue weighted by atomic mass is 19.2. The van der Waals surface area contributed by atoms with Crippen LogP contribution in [0.2, 0.25) is 0 Å². The molecule has 2 aliphatic heterocycles. The first-order valence-electron chi connectivity index (χ1n) is 14.2. The lowest BCUT2D eigenvalue weighted by Gasteiger charge is -2.38. The fourth-order valence-corrected chi connectivity index (χ4v) is 6.57. The summed E-state index contributed by atoms with van der Waals surface area (Å²) in [6.07, 6.45) is 9.54.